The van der Waals surface area contributed by atoms with Crippen molar-refractivity contribution < 1.29 is 0 Å². The van der Waals surface area contributed by atoms with Crippen LogP contribution in [0.4, 0.5) is 0 Å². The zero-order valence-electron chi connectivity index (χ0n) is 10.3. The SMILES string of the molecule is CC(C)[C@H](N=Cc1ccccc1)c1ccc[nH]1. The fraction of sp³-hybridized carbons (Fsp3) is 0.267. The molecule has 1 aromatic heterocycles. The van der Waals surface area contributed by atoms with Crippen molar-refractivity contribution in [3.63, 3.8) is 0 Å². The van der Waals surface area contributed by atoms with Gasteiger partial charge in [0, 0.05) is 18.1 Å². The molecule has 17 heavy (non-hydrogen) atoms. The number of nitrogens with one attached hydrogen (secondary N) is 1. The minimum absolute atomic E-state index is 0.199. The van der Waals surface area contributed by atoms with Crippen molar-refractivity contribution in [3.05, 3.63) is 59.9 Å². The van der Waals surface area contributed by atoms with Crippen molar-refractivity contribution in [2.24, 2.45) is 10.9 Å². The number of aliphatic imine (C=N–C) groups is 1. The van der Waals surface area contributed by atoms with Gasteiger partial charge in [-0.3, -0.25) is 4.99 Å². The van der Waals surface area contributed by atoms with E-state index in [1.165, 1.54) is 5.69 Å². The lowest BCUT2D eigenvalue weighted by atomic mass is 10.0. The molecule has 0 fully saturated rings. The summed E-state index contributed by atoms with van der Waals surface area (Å²) in [4.78, 5) is 7.92. The minimum Gasteiger partial charge on any atom is -0.363 e. The molecule has 1 N–H and O–H groups in total. The summed E-state index contributed by atoms with van der Waals surface area (Å²) in [6.07, 6.45) is 3.90. The second-order valence-electron chi connectivity index (χ2n) is 4.50. The third-order valence-corrected chi connectivity index (χ3v) is 2.76. The van der Waals surface area contributed by atoms with E-state index in [9.17, 15) is 0 Å². The van der Waals surface area contributed by atoms with Gasteiger partial charge in [-0.2, -0.15) is 0 Å². The Bertz CT molecular complexity index is 455. The fourth-order valence-corrected chi connectivity index (χ4v) is 1.85. The van der Waals surface area contributed by atoms with Crippen LogP contribution in [0, 0.1) is 5.92 Å². The Hall–Kier alpha value is -1.83. The average Bonchev–Trinajstić information content (AvgIpc) is 2.84. The lowest BCUT2D eigenvalue weighted by molar-refractivity contribution is 0.509. The van der Waals surface area contributed by atoms with E-state index in [1.54, 1.807) is 0 Å². The molecule has 0 radical (unpaired) electrons. The van der Waals surface area contributed by atoms with Crippen molar-refractivity contribution in [2.45, 2.75) is 19.9 Å². The van der Waals surface area contributed by atoms with E-state index < -0.39 is 0 Å². The molecular formula is C15H18N2. The summed E-state index contributed by atoms with van der Waals surface area (Å²) in [6, 6.07) is 14.5. The van der Waals surface area contributed by atoms with Gasteiger partial charge in [-0.05, 0) is 23.6 Å². The molecule has 0 aliphatic rings. The Morgan fingerprint density at radius 1 is 1.06 bits per heavy atom. The predicted molar refractivity (Wildman–Crippen MR) is 72.4 cm³/mol. The molecule has 0 aliphatic carbocycles. The molecule has 1 aromatic carbocycles. The van der Waals surface area contributed by atoms with Crippen LogP contribution in [0.1, 0.15) is 31.1 Å². The number of benzene rings is 1. The Kier molecular flexibility index (Phi) is 3.76. The maximum atomic E-state index is 4.68. The van der Waals surface area contributed by atoms with Crippen LogP contribution in [0.25, 0.3) is 0 Å². The molecule has 88 valence electrons. The summed E-state index contributed by atoms with van der Waals surface area (Å²) in [5.74, 6) is 0.480. The van der Waals surface area contributed by atoms with Gasteiger partial charge in [0.15, 0.2) is 0 Å². The lowest BCUT2D eigenvalue weighted by Crippen LogP contribution is -2.04. The zero-order chi connectivity index (χ0) is 12.1. The summed E-state index contributed by atoms with van der Waals surface area (Å²) in [5, 5.41) is 0. The number of aromatic nitrogens is 1. The quantitative estimate of drug-likeness (QED) is 0.767. The summed E-state index contributed by atoms with van der Waals surface area (Å²) >= 11 is 0. The molecule has 0 amide bonds. The first kappa shape index (κ1) is 11.6. The van der Waals surface area contributed by atoms with E-state index in [0.29, 0.717) is 5.92 Å². The molecule has 0 saturated heterocycles. The normalized spacial score (nSPS) is 13.4. The van der Waals surface area contributed by atoms with Gasteiger partial charge in [0.05, 0.1) is 6.04 Å². The highest BCUT2D eigenvalue weighted by Crippen LogP contribution is 2.24. The van der Waals surface area contributed by atoms with Crippen LogP contribution in [0.2, 0.25) is 0 Å². The maximum Gasteiger partial charge on any atom is 0.0920 e. The minimum atomic E-state index is 0.199. The third-order valence-electron chi connectivity index (χ3n) is 2.76. The van der Waals surface area contributed by atoms with E-state index in [2.05, 4.69) is 42.0 Å². The average molecular weight is 226 g/mol. The van der Waals surface area contributed by atoms with Crippen molar-refractivity contribution in [1.29, 1.82) is 0 Å². The highest BCUT2D eigenvalue weighted by atomic mass is 14.8. The van der Waals surface area contributed by atoms with E-state index in [1.807, 2.05) is 36.7 Å². The topological polar surface area (TPSA) is 28.1 Å². The van der Waals surface area contributed by atoms with Crippen LogP contribution in [0.15, 0.2) is 53.7 Å². The third kappa shape index (κ3) is 3.06. The Labute approximate surface area is 102 Å². The van der Waals surface area contributed by atoms with Gasteiger partial charge in [0.25, 0.3) is 0 Å². The monoisotopic (exact) mass is 226 g/mol. The van der Waals surface area contributed by atoms with Crippen molar-refractivity contribution in [1.82, 2.24) is 4.98 Å². The van der Waals surface area contributed by atoms with Crippen molar-refractivity contribution >= 4 is 6.21 Å². The van der Waals surface area contributed by atoms with Crippen LogP contribution in [0.5, 0.6) is 0 Å². The van der Waals surface area contributed by atoms with Gasteiger partial charge in [0.2, 0.25) is 0 Å². The summed E-state index contributed by atoms with van der Waals surface area (Å²) < 4.78 is 0. The summed E-state index contributed by atoms with van der Waals surface area (Å²) in [6.45, 7) is 4.38. The number of hydrogen-bond acceptors (Lipinski definition) is 1. The Morgan fingerprint density at radius 2 is 1.82 bits per heavy atom. The van der Waals surface area contributed by atoms with Gasteiger partial charge in [-0.1, -0.05) is 44.2 Å². The second kappa shape index (κ2) is 5.48. The predicted octanol–water partition coefficient (Wildman–Crippen LogP) is 3.83. The zero-order valence-corrected chi connectivity index (χ0v) is 10.3. The van der Waals surface area contributed by atoms with Gasteiger partial charge in [0.1, 0.15) is 0 Å². The second-order valence-corrected chi connectivity index (χ2v) is 4.50. The molecule has 1 atom stereocenters. The maximum absolute atomic E-state index is 4.68. The van der Waals surface area contributed by atoms with Gasteiger partial charge < -0.3 is 4.98 Å². The number of H-pyrrole nitrogens is 1. The number of hydrogen-bond donors (Lipinski definition) is 1. The lowest BCUT2D eigenvalue weighted by Gasteiger charge is -2.14. The van der Waals surface area contributed by atoms with E-state index in [0.717, 1.165) is 5.56 Å². The molecule has 2 heteroatoms. The molecular weight excluding hydrogens is 208 g/mol. The molecule has 0 bridgehead atoms. The Balaban J connectivity index is 2.17. The van der Waals surface area contributed by atoms with Crippen LogP contribution < -0.4 is 0 Å². The van der Waals surface area contributed by atoms with Crippen molar-refractivity contribution in [2.75, 3.05) is 0 Å². The molecule has 2 nitrogen and oxygen atoms in total. The van der Waals surface area contributed by atoms with Crippen LogP contribution in [-0.4, -0.2) is 11.2 Å². The van der Waals surface area contributed by atoms with Crippen molar-refractivity contribution in [3.8, 4) is 0 Å². The number of aromatic amines is 1. The first-order valence-corrected chi connectivity index (χ1v) is 5.99. The molecule has 2 rings (SSSR count). The van der Waals surface area contributed by atoms with Gasteiger partial charge >= 0.3 is 0 Å². The van der Waals surface area contributed by atoms with Gasteiger partial charge in [-0.25, -0.2) is 0 Å². The first-order valence-electron chi connectivity index (χ1n) is 5.99. The molecule has 0 saturated carbocycles. The standard InChI is InChI=1S/C15H18N2/c1-12(2)15(14-9-6-10-16-14)17-11-13-7-4-3-5-8-13/h3-12,15-16H,1-2H3/t15-/m0/s1. The Morgan fingerprint density at radius 3 is 2.41 bits per heavy atom. The number of nitrogens with zero attached hydrogens (tertiary/aromatic N) is 1. The number of rotatable bonds is 4. The largest absolute Gasteiger partial charge is 0.363 e. The highest BCUT2D eigenvalue weighted by molar-refractivity contribution is 5.79. The van der Waals surface area contributed by atoms with Crippen LogP contribution in [-0.2, 0) is 0 Å². The molecule has 0 spiro atoms. The van der Waals surface area contributed by atoms with E-state index >= 15 is 0 Å². The van der Waals surface area contributed by atoms with Crippen LogP contribution >= 0.6 is 0 Å². The first-order chi connectivity index (χ1) is 8.27. The smallest absolute Gasteiger partial charge is 0.0920 e. The molecule has 1 heterocycles. The highest BCUT2D eigenvalue weighted by Gasteiger charge is 2.14. The summed E-state index contributed by atoms with van der Waals surface area (Å²) in [5.41, 5.74) is 2.32. The molecule has 2 aromatic rings. The van der Waals surface area contributed by atoms with Gasteiger partial charge in [-0.15, -0.1) is 0 Å². The molecule has 0 aliphatic heterocycles. The van der Waals surface area contributed by atoms with Crippen LogP contribution in [0.3, 0.4) is 0 Å². The van der Waals surface area contributed by atoms with E-state index in [-0.39, 0.29) is 6.04 Å². The van der Waals surface area contributed by atoms with E-state index in [4.69, 9.17) is 0 Å². The molecule has 0 unspecified atom stereocenters. The fourth-order valence-electron chi connectivity index (χ4n) is 1.85. The summed E-state index contributed by atoms with van der Waals surface area (Å²) in [7, 11) is 0.